The van der Waals surface area contributed by atoms with Crippen molar-refractivity contribution in [1.82, 2.24) is 24.9 Å². The highest BCUT2D eigenvalue weighted by Crippen LogP contribution is 2.28. The van der Waals surface area contributed by atoms with Crippen molar-refractivity contribution in [1.29, 1.82) is 0 Å². The number of nitrogens with one attached hydrogen (secondary N) is 2. The lowest BCUT2D eigenvalue weighted by molar-refractivity contribution is -0.140. The highest BCUT2D eigenvalue weighted by atomic mass is 16.6. The number of fused-ring (bicyclic) bond motifs is 1. The number of benzene rings is 2. The largest absolute Gasteiger partial charge is 0.497 e. The lowest BCUT2D eigenvalue weighted by Crippen LogP contribution is -2.56. The number of ether oxygens (including phenoxy) is 2. The molecule has 0 aromatic heterocycles. The molecule has 47 heavy (non-hydrogen) atoms. The molecule has 5 amide bonds. The van der Waals surface area contributed by atoms with Gasteiger partial charge < -0.3 is 39.7 Å². The van der Waals surface area contributed by atoms with Gasteiger partial charge >= 0.3 is 12.1 Å². The van der Waals surface area contributed by atoms with Gasteiger partial charge in [0.05, 0.1) is 13.5 Å². The van der Waals surface area contributed by atoms with Crippen molar-refractivity contribution in [3.63, 3.8) is 0 Å². The fourth-order valence-corrected chi connectivity index (χ4v) is 7.33. The highest BCUT2D eigenvalue weighted by molar-refractivity contribution is 5.93. The molecule has 252 valence electrons. The van der Waals surface area contributed by atoms with E-state index < -0.39 is 12.1 Å². The van der Waals surface area contributed by atoms with Crippen molar-refractivity contribution < 1.29 is 28.7 Å². The van der Waals surface area contributed by atoms with Gasteiger partial charge in [0.25, 0.3) is 0 Å². The normalized spacial score (nSPS) is 20.2. The Kier molecular flexibility index (Phi) is 10.4. The number of rotatable bonds is 8. The summed E-state index contributed by atoms with van der Waals surface area (Å²) >= 11 is 0. The zero-order valence-corrected chi connectivity index (χ0v) is 27.2. The number of methoxy groups -OCH3 is 1. The standard InChI is InChI=1S/C35H46N6O6/c1-46-28-9-11-29(12-10-28)47-35(45)37-31(33(43)40-21-13-26(14-22-40)38-17-5-2-6-18-38)23-32(42)39-19-15-27(16-20-39)41-24-25-7-3-4-8-30(25)36-34(41)44/h3-4,7-12,26-27,31H,2,5-6,13-24H2,1H3,(H,36,44)(H,37,45)/t31-/m0/s1. The average Bonchev–Trinajstić information content (AvgIpc) is 3.11. The van der Waals surface area contributed by atoms with Crippen LogP contribution < -0.4 is 20.1 Å². The number of anilines is 1. The molecule has 3 saturated heterocycles. The smallest absolute Gasteiger partial charge is 0.413 e. The molecule has 0 aliphatic carbocycles. The van der Waals surface area contributed by atoms with Crippen LogP contribution in [0, 0.1) is 0 Å². The number of amides is 5. The summed E-state index contributed by atoms with van der Waals surface area (Å²) < 4.78 is 10.6. The minimum atomic E-state index is -1.05. The van der Waals surface area contributed by atoms with Gasteiger partial charge in [0, 0.05) is 50.5 Å². The zero-order valence-electron chi connectivity index (χ0n) is 27.2. The zero-order chi connectivity index (χ0) is 32.8. The third-order valence-corrected chi connectivity index (χ3v) is 10.0. The molecule has 0 saturated carbocycles. The first-order valence-corrected chi connectivity index (χ1v) is 17.0. The minimum absolute atomic E-state index is 0.00336. The minimum Gasteiger partial charge on any atom is -0.497 e. The van der Waals surface area contributed by atoms with Crippen LogP contribution in [0.25, 0.3) is 0 Å². The van der Waals surface area contributed by atoms with E-state index in [1.807, 2.05) is 29.2 Å². The van der Waals surface area contributed by atoms with E-state index in [1.54, 1.807) is 41.2 Å². The summed E-state index contributed by atoms with van der Waals surface area (Å²) in [4.78, 5) is 61.3. The molecule has 0 radical (unpaired) electrons. The third-order valence-electron chi connectivity index (χ3n) is 10.0. The molecule has 0 bridgehead atoms. The van der Waals surface area contributed by atoms with Crippen molar-refractivity contribution in [2.75, 3.05) is 51.7 Å². The lowest BCUT2D eigenvalue weighted by atomic mass is 9.98. The third kappa shape index (κ3) is 7.98. The molecular weight excluding hydrogens is 600 g/mol. The molecule has 0 unspecified atom stereocenters. The molecule has 6 rings (SSSR count). The van der Waals surface area contributed by atoms with Crippen LogP contribution in [0.15, 0.2) is 48.5 Å². The average molecular weight is 647 g/mol. The van der Waals surface area contributed by atoms with E-state index in [0.29, 0.717) is 63.1 Å². The van der Waals surface area contributed by atoms with Gasteiger partial charge in [-0.25, -0.2) is 9.59 Å². The fraction of sp³-hybridized carbons (Fsp3) is 0.543. The number of urea groups is 1. The summed E-state index contributed by atoms with van der Waals surface area (Å²) in [5, 5.41) is 5.69. The molecule has 3 fully saturated rings. The maximum Gasteiger partial charge on any atom is 0.413 e. The number of carbonyl (C=O) groups is 4. The summed E-state index contributed by atoms with van der Waals surface area (Å²) in [6.07, 6.45) is 5.80. The Labute approximate surface area is 276 Å². The van der Waals surface area contributed by atoms with Crippen LogP contribution in [0.2, 0.25) is 0 Å². The summed E-state index contributed by atoms with van der Waals surface area (Å²) in [6.45, 7) is 4.87. The van der Waals surface area contributed by atoms with Gasteiger partial charge in [-0.3, -0.25) is 9.59 Å². The Morgan fingerprint density at radius 2 is 1.47 bits per heavy atom. The molecule has 4 heterocycles. The van der Waals surface area contributed by atoms with Gasteiger partial charge in [0.2, 0.25) is 11.8 Å². The predicted molar refractivity (Wildman–Crippen MR) is 176 cm³/mol. The molecule has 4 aliphatic rings. The van der Waals surface area contributed by atoms with Crippen LogP contribution in [-0.2, 0) is 16.1 Å². The monoisotopic (exact) mass is 646 g/mol. The molecular formula is C35H46N6O6. The topological polar surface area (TPSA) is 124 Å². The summed E-state index contributed by atoms with van der Waals surface area (Å²) in [7, 11) is 1.55. The van der Waals surface area contributed by atoms with Crippen molar-refractivity contribution in [2.24, 2.45) is 0 Å². The first-order chi connectivity index (χ1) is 22.9. The second-order valence-electron chi connectivity index (χ2n) is 12.9. The Morgan fingerprint density at radius 1 is 0.830 bits per heavy atom. The Hall–Kier alpha value is -4.32. The number of nitrogens with zero attached hydrogens (tertiary/aromatic N) is 4. The Balaban J connectivity index is 1.07. The molecule has 1 atom stereocenters. The Morgan fingerprint density at radius 3 is 2.17 bits per heavy atom. The van der Waals surface area contributed by atoms with Gasteiger partial charge in [-0.05, 0) is 87.5 Å². The van der Waals surface area contributed by atoms with Crippen LogP contribution in [0.5, 0.6) is 11.5 Å². The number of likely N-dealkylation sites (tertiary alicyclic amines) is 3. The van der Waals surface area contributed by atoms with Crippen LogP contribution in [0.1, 0.15) is 56.9 Å². The maximum absolute atomic E-state index is 13.9. The van der Waals surface area contributed by atoms with Crippen LogP contribution in [0.3, 0.4) is 0 Å². The van der Waals surface area contributed by atoms with Crippen LogP contribution in [0.4, 0.5) is 15.3 Å². The van der Waals surface area contributed by atoms with Crippen molar-refractivity contribution in [2.45, 2.75) is 76.0 Å². The maximum atomic E-state index is 13.9. The number of piperidine rings is 3. The van der Waals surface area contributed by atoms with Gasteiger partial charge in [-0.2, -0.15) is 0 Å². The van der Waals surface area contributed by atoms with E-state index in [1.165, 1.54) is 19.3 Å². The van der Waals surface area contributed by atoms with Crippen LogP contribution >= 0.6 is 0 Å². The fourth-order valence-electron chi connectivity index (χ4n) is 7.33. The van der Waals surface area contributed by atoms with E-state index in [-0.39, 0.29) is 30.3 Å². The highest BCUT2D eigenvalue weighted by Gasteiger charge is 2.36. The lowest BCUT2D eigenvalue weighted by Gasteiger charge is -2.41. The molecule has 2 aromatic carbocycles. The van der Waals surface area contributed by atoms with Gasteiger partial charge in [-0.1, -0.05) is 24.6 Å². The second kappa shape index (κ2) is 15.1. The first-order valence-electron chi connectivity index (χ1n) is 17.0. The quantitative estimate of drug-likeness (QED) is 0.444. The van der Waals surface area contributed by atoms with E-state index >= 15 is 0 Å². The summed E-state index contributed by atoms with van der Waals surface area (Å²) in [6, 6.07) is 13.6. The molecule has 12 heteroatoms. The van der Waals surface area contributed by atoms with E-state index in [9.17, 15) is 19.2 Å². The molecule has 4 aliphatic heterocycles. The molecule has 2 aromatic rings. The van der Waals surface area contributed by atoms with Gasteiger partial charge in [-0.15, -0.1) is 0 Å². The molecule has 2 N–H and O–H groups in total. The summed E-state index contributed by atoms with van der Waals surface area (Å²) in [5.74, 6) is 0.456. The van der Waals surface area contributed by atoms with E-state index in [0.717, 1.165) is 37.2 Å². The predicted octanol–water partition coefficient (Wildman–Crippen LogP) is 4.06. The van der Waals surface area contributed by atoms with Gasteiger partial charge in [0.15, 0.2) is 0 Å². The number of hydrogen-bond donors (Lipinski definition) is 2. The molecule has 12 nitrogen and oxygen atoms in total. The van der Waals surface area contributed by atoms with Gasteiger partial charge in [0.1, 0.15) is 17.5 Å². The number of carbonyl (C=O) groups excluding carboxylic acids is 4. The Bertz CT molecular complexity index is 1410. The second-order valence-corrected chi connectivity index (χ2v) is 12.9. The van der Waals surface area contributed by atoms with Crippen molar-refractivity contribution in [3.05, 3.63) is 54.1 Å². The first kappa shape index (κ1) is 32.6. The SMILES string of the molecule is COc1ccc(OC(=O)N[C@@H](CC(=O)N2CCC(N3Cc4ccccc4NC3=O)CC2)C(=O)N2CCC(N3CCCCC3)CC2)cc1. The van der Waals surface area contributed by atoms with E-state index in [4.69, 9.17) is 9.47 Å². The van der Waals surface area contributed by atoms with Crippen molar-refractivity contribution in [3.8, 4) is 11.5 Å². The number of hydrogen-bond acceptors (Lipinski definition) is 7. The van der Waals surface area contributed by atoms with Crippen molar-refractivity contribution >= 4 is 29.6 Å². The van der Waals surface area contributed by atoms with E-state index in [2.05, 4.69) is 15.5 Å². The van der Waals surface area contributed by atoms with Crippen LogP contribution in [-0.4, -0.2) is 108 Å². The molecule has 0 spiro atoms. The number of para-hydroxylation sites is 1. The summed E-state index contributed by atoms with van der Waals surface area (Å²) in [5.41, 5.74) is 1.91.